The van der Waals surface area contributed by atoms with Crippen molar-refractivity contribution >= 4 is 23.2 Å². The van der Waals surface area contributed by atoms with E-state index >= 15 is 0 Å². The summed E-state index contributed by atoms with van der Waals surface area (Å²) in [7, 11) is 1.28. The molecule has 1 aromatic heterocycles. The smallest absolute Gasteiger partial charge is 0.330 e. The summed E-state index contributed by atoms with van der Waals surface area (Å²) in [5.74, 6) is -0.804. The van der Waals surface area contributed by atoms with Gasteiger partial charge in [0.25, 0.3) is 0 Å². The Hall–Kier alpha value is -1.47. The number of amides is 1. The Balaban J connectivity index is 2.34. The first-order chi connectivity index (χ1) is 9.04. The topological polar surface area (TPSA) is 77.5 Å². The van der Waals surface area contributed by atoms with Gasteiger partial charge in [-0.05, 0) is 6.92 Å². The number of nitrogens with one attached hydrogen (secondary N) is 1. The van der Waals surface area contributed by atoms with Gasteiger partial charge in [-0.25, -0.2) is 9.78 Å². The van der Waals surface area contributed by atoms with E-state index in [-0.39, 0.29) is 12.5 Å². The summed E-state index contributed by atoms with van der Waals surface area (Å²) in [6.07, 6.45) is 0.741. The number of carbonyl (C=O) groups is 2. The van der Waals surface area contributed by atoms with Crippen molar-refractivity contribution in [1.29, 1.82) is 0 Å². The second-order valence-corrected chi connectivity index (χ2v) is 4.90. The molecule has 0 aromatic carbocycles. The van der Waals surface area contributed by atoms with Crippen molar-refractivity contribution in [3.05, 3.63) is 16.1 Å². The van der Waals surface area contributed by atoms with Crippen LogP contribution in [0, 0.1) is 6.92 Å². The molecule has 0 radical (unpaired) electrons. The van der Waals surface area contributed by atoms with Gasteiger partial charge in [-0.1, -0.05) is 0 Å². The molecule has 1 aromatic rings. The van der Waals surface area contributed by atoms with E-state index in [9.17, 15) is 9.59 Å². The van der Waals surface area contributed by atoms with Crippen molar-refractivity contribution < 1.29 is 19.1 Å². The number of nitrogens with zero attached hydrogens (tertiary/aromatic N) is 1. The molecule has 0 saturated carbocycles. The molecule has 1 rings (SSSR count). The second kappa shape index (κ2) is 7.85. The Labute approximate surface area is 116 Å². The molecule has 1 heterocycles. The molecule has 106 valence electrons. The van der Waals surface area contributed by atoms with Crippen LogP contribution in [0.2, 0.25) is 0 Å². The highest BCUT2D eigenvalue weighted by atomic mass is 32.1. The number of aryl methyl sites for hydroxylation is 1. The molecule has 6 nitrogen and oxygen atoms in total. The first-order valence-electron chi connectivity index (χ1n) is 5.86. The molecule has 0 spiro atoms. The van der Waals surface area contributed by atoms with Crippen LogP contribution in [0.3, 0.4) is 0 Å². The lowest BCUT2D eigenvalue weighted by atomic mass is 10.3. The number of methoxy groups -OCH3 is 1. The zero-order chi connectivity index (χ0) is 14.3. The average molecular weight is 286 g/mol. The lowest BCUT2D eigenvalue weighted by Gasteiger charge is -2.15. The third-order valence-corrected chi connectivity index (χ3v) is 3.46. The molecule has 0 aliphatic heterocycles. The lowest BCUT2D eigenvalue weighted by molar-refractivity contribution is -0.146. The fourth-order valence-electron chi connectivity index (χ4n) is 1.49. The first kappa shape index (κ1) is 15.6. The summed E-state index contributed by atoms with van der Waals surface area (Å²) >= 11 is 1.58. The van der Waals surface area contributed by atoms with Crippen molar-refractivity contribution in [2.45, 2.75) is 26.3 Å². The molecule has 7 heteroatoms. The maximum atomic E-state index is 11.4. The summed E-state index contributed by atoms with van der Waals surface area (Å²) in [5, 5.41) is 2.49. The normalized spacial score (nSPS) is 11.9. The van der Waals surface area contributed by atoms with Crippen LogP contribution in [0.4, 0.5) is 0 Å². The predicted molar refractivity (Wildman–Crippen MR) is 71.0 cm³/mol. The maximum absolute atomic E-state index is 11.4. The van der Waals surface area contributed by atoms with Gasteiger partial charge in [0, 0.05) is 18.2 Å². The van der Waals surface area contributed by atoms with Crippen LogP contribution >= 0.6 is 11.3 Å². The molecule has 1 unspecified atom stereocenters. The van der Waals surface area contributed by atoms with E-state index in [1.807, 2.05) is 6.92 Å². The summed E-state index contributed by atoms with van der Waals surface area (Å²) < 4.78 is 10.0. The van der Waals surface area contributed by atoms with Gasteiger partial charge in [-0.2, -0.15) is 0 Å². The van der Waals surface area contributed by atoms with Crippen LogP contribution in [0.15, 0.2) is 5.51 Å². The van der Waals surface area contributed by atoms with Crippen molar-refractivity contribution in [2.24, 2.45) is 0 Å². The van der Waals surface area contributed by atoms with Crippen LogP contribution < -0.4 is 5.32 Å². The molecule has 0 bridgehead atoms. The van der Waals surface area contributed by atoms with E-state index < -0.39 is 12.0 Å². The summed E-state index contributed by atoms with van der Waals surface area (Å²) in [4.78, 5) is 27.7. The van der Waals surface area contributed by atoms with Gasteiger partial charge in [0.2, 0.25) is 5.91 Å². The van der Waals surface area contributed by atoms with E-state index in [2.05, 4.69) is 15.0 Å². The van der Waals surface area contributed by atoms with Crippen molar-refractivity contribution in [2.75, 3.05) is 20.3 Å². The first-order valence-corrected chi connectivity index (χ1v) is 6.74. The van der Waals surface area contributed by atoms with Gasteiger partial charge in [0.15, 0.2) is 6.04 Å². The van der Waals surface area contributed by atoms with Gasteiger partial charge in [-0.3, -0.25) is 4.79 Å². The number of esters is 1. The number of hydrogen-bond acceptors (Lipinski definition) is 6. The van der Waals surface area contributed by atoms with E-state index in [1.165, 1.54) is 14.0 Å². The van der Waals surface area contributed by atoms with E-state index in [1.54, 1.807) is 16.8 Å². The Morgan fingerprint density at radius 1 is 1.53 bits per heavy atom. The molecule has 1 N–H and O–H groups in total. The largest absolute Gasteiger partial charge is 0.467 e. The zero-order valence-corrected chi connectivity index (χ0v) is 12.1. The number of hydrogen-bond donors (Lipinski definition) is 1. The molecule has 0 saturated heterocycles. The van der Waals surface area contributed by atoms with Crippen LogP contribution in [-0.4, -0.2) is 43.2 Å². The molecular formula is C12H18N2O4S. The Kier molecular flexibility index (Phi) is 6.44. The van der Waals surface area contributed by atoms with Crippen LogP contribution in [0.1, 0.15) is 17.5 Å². The highest BCUT2D eigenvalue weighted by molar-refractivity contribution is 7.09. The molecule has 19 heavy (non-hydrogen) atoms. The number of carbonyl (C=O) groups excluding carboxylic acids is 2. The van der Waals surface area contributed by atoms with Gasteiger partial charge in [0.05, 0.1) is 31.5 Å². The molecule has 1 atom stereocenters. The molecular weight excluding hydrogens is 268 g/mol. The maximum Gasteiger partial charge on any atom is 0.330 e. The van der Waals surface area contributed by atoms with Gasteiger partial charge in [0.1, 0.15) is 0 Å². The quantitative estimate of drug-likeness (QED) is 0.589. The third kappa shape index (κ3) is 5.35. The average Bonchev–Trinajstić information content (AvgIpc) is 2.77. The van der Waals surface area contributed by atoms with Crippen LogP contribution in [-0.2, 0) is 25.5 Å². The number of thiazole rings is 1. The highest BCUT2D eigenvalue weighted by Gasteiger charge is 2.20. The minimum absolute atomic E-state index is 0.101. The monoisotopic (exact) mass is 286 g/mol. The summed E-state index contributed by atoms with van der Waals surface area (Å²) in [5.41, 5.74) is 2.79. The lowest BCUT2D eigenvalue weighted by Crippen LogP contribution is -2.43. The van der Waals surface area contributed by atoms with Crippen LogP contribution in [0.5, 0.6) is 0 Å². The highest BCUT2D eigenvalue weighted by Crippen LogP contribution is 2.12. The summed E-state index contributed by atoms with van der Waals surface area (Å²) in [6.45, 7) is 3.86. The van der Waals surface area contributed by atoms with E-state index in [4.69, 9.17) is 4.74 Å². The molecule has 0 aliphatic rings. The molecule has 1 amide bonds. The third-order valence-electron chi connectivity index (χ3n) is 2.47. The number of aromatic nitrogens is 1. The minimum Gasteiger partial charge on any atom is -0.467 e. The SMILES string of the molecule is COC(=O)C(COCCc1scnc1C)NC(C)=O. The van der Waals surface area contributed by atoms with Gasteiger partial charge < -0.3 is 14.8 Å². The standard InChI is InChI=1S/C12H18N2O4S/c1-8-11(19-7-13-8)4-5-18-6-10(12(16)17-3)14-9(2)15/h7,10H,4-6H2,1-3H3,(H,14,15). The fourth-order valence-corrected chi connectivity index (χ4v) is 2.25. The van der Waals surface area contributed by atoms with Crippen LogP contribution in [0.25, 0.3) is 0 Å². The Morgan fingerprint density at radius 3 is 2.79 bits per heavy atom. The van der Waals surface area contributed by atoms with E-state index in [0.29, 0.717) is 6.61 Å². The second-order valence-electron chi connectivity index (χ2n) is 3.96. The van der Waals surface area contributed by atoms with Crippen molar-refractivity contribution in [3.63, 3.8) is 0 Å². The zero-order valence-electron chi connectivity index (χ0n) is 11.3. The van der Waals surface area contributed by atoms with Gasteiger partial charge in [-0.15, -0.1) is 11.3 Å². The van der Waals surface area contributed by atoms with Crippen molar-refractivity contribution in [3.8, 4) is 0 Å². The number of ether oxygens (including phenoxy) is 2. The Bertz CT molecular complexity index is 433. The number of rotatable bonds is 7. The predicted octanol–water partition coefficient (Wildman–Crippen LogP) is 0.688. The Morgan fingerprint density at radius 2 is 2.26 bits per heavy atom. The van der Waals surface area contributed by atoms with Gasteiger partial charge >= 0.3 is 5.97 Å². The van der Waals surface area contributed by atoms with E-state index in [0.717, 1.165) is 17.0 Å². The fraction of sp³-hybridized carbons (Fsp3) is 0.583. The molecule has 0 fully saturated rings. The summed E-state index contributed by atoms with van der Waals surface area (Å²) in [6, 6.07) is -0.759. The minimum atomic E-state index is -0.759. The molecule has 0 aliphatic carbocycles. The van der Waals surface area contributed by atoms with Crippen molar-refractivity contribution in [1.82, 2.24) is 10.3 Å².